The highest BCUT2D eigenvalue weighted by Crippen LogP contribution is 2.10. The van der Waals surface area contributed by atoms with Crippen LogP contribution in [-0.2, 0) is 6.54 Å². The second kappa shape index (κ2) is 8.31. The Morgan fingerprint density at radius 1 is 1.32 bits per heavy atom. The molecular weight excluding hydrogens is 318 g/mol. The number of amides is 2. The Hall–Kier alpha value is -2.12. The van der Waals surface area contributed by atoms with E-state index < -0.39 is 0 Å². The SMILES string of the molecule is CC(CCCO)NC(=O)N1CCN(Cc2cn3ccccc3n2)CC1. The molecule has 0 aliphatic carbocycles. The maximum absolute atomic E-state index is 12.3. The first kappa shape index (κ1) is 17.7. The predicted octanol–water partition coefficient (Wildman–Crippen LogP) is 1.32. The van der Waals surface area contributed by atoms with E-state index in [0.717, 1.165) is 50.5 Å². The van der Waals surface area contributed by atoms with Gasteiger partial charge in [0.2, 0.25) is 0 Å². The van der Waals surface area contributed by atoms with Gasteiger partial charge in [0.05, 0.1) is 5.69 Å². The van der Waals surface area contributed by atoms with Crippen LogP contribution < -0.4 is 5.32 Å². The predicted molar refractivity (Wildman–Crippen MR) is 96.4 cm³/mol. The van der Waals surface area contributed by atoms with Crippen LogP contribution in [0.5, 0.6) is 0 Å². The molecule has 25 heavy (non-hydrogen) atoms. The van der Waals surface area contributed by atoms with Crippen molar-refractivity contribution in [2.45, 2.75) is 32.4 Å². The monoisotopic (exact) mass is 345 g/mol. The van der Waals surface area contributed by atoms with Gasteiger partial charge >= 0.3 is 6.03 Å². The summed E-state index contributed by atoms with van der Waals surface area (Å²) in [5, 5.41) is 11.9. The molecular formula is C18H27N5O2. The molecule has 7 nitrogen and oxygen atoms in total. The van der Waals surface area contributed by atoms with Crippen LogP contribution in [0.15, 0.2) is 30.6 Å². The summed E-state index contributed by atoms with van der Waals surface area (Å²) < 4.78 is 2.03. The Balaban J connectivity index is 1.46. The van der Waals surface area contributed by atoms with Crippen LogP contribution in [0.1, 0.15) is 25.5 Å². The molecule has 1 saturated heterocycles. The van der Waals surface area contributed by atoms with E-state index in [2.05, 4.69) is 21.4 Å². The lowest BCUT2D eigenvalue weighted by atomic mass is 10.2. The van der Waals surface area contributed by atoms with Gasteiger partial charge in [0.15, 0.2) is 0 Å². The van der Waals surface area contributed by atoms with Gasteiger partial charge in [0.25, 0.3) is 0 Å². The average Bonchev–Trinajstić information content (AvgIpc) is 3.02. The molecule has 136 valence electrons. The van der Waals surface area contributed by atoms with E-state index in [0.29, 0.717) is 6.42 Å². The van der Waals surface area contributed by atoms with Gasteiger partial charge in [-0.05, 0) is 31.9 Å². The summed E-state index contributed by atoms with van der Waals surface area (Å²) in [6.45, 7) is 6.12. The largest absolute Gasteiger partial charge is 0.396 e. The van der Waals surface area contributed by atoms with Crippen LogP contribution in [0, 0.1) is 0 Å². The third-order valence-corrected chi connectivity index (χ3v) is 4.62. The standard InChI is InChI=1S/C18H27N5O2/c1-15(5-4-12-24)19-18(25)22-10-8-21(9-11-22)13-16-14-23-7-3-2-6-17(23)20-16/h2-3,6-7,14-15,24H,4-5,8-13H2,1H3,(H,19,25). The minimum Gasteiger partial charge on any atom is -0.396 e. The van der Waals surface area contributed by atoms with E-state index in [-0.39, 0.29) is 18.7 Å². The van der Waals surface area contributed by atoms with Crippen molar-refractivity contribution < 1.29 is 9.90 Å². The van der Waals surface area contributed by atoms with Gasteiger partial charge in [0, 0.05) is 57.8 Å². The summed E-state index contributed by atoms with van der Waals surface area (Å²) >= 11 is 0. The van der Waals surface area contributed by atoms with Gasteiger partial charge < -0.3 is 19.7 Å². The highest BCUT2D eigenvalue weighted by Gasteiger charge is 2.22. The molecule has 2 N–H and O–H groups in total. The number of imidazole rings is 1. The number of carbonyl (C=O) groups is 1. The molecule has 1 fully saturated rings. The maximum Gasteiger partial charge on any atom is 0.317 e. The van der Waals surface area contributed by atoms with Crippen LogP contribution in [0.4, 0.5) is 4.79 Å². The molecule has 1 aliphatic heterocycles. The number of hydrogen-bond acceptors (Lipinski definition) is 4. The van der Waals surface area contributed by atoms with E-state index in [1.165, 1.54) is 0 Å². The van der Waals surface area contributed by atoms with Crippen LogP contribution in [0.3, 0.4) is 0 Å². The number of fused-ring (bicyclic) bond motifs is 1. The molecule has 1 unspecified atom stereocenters. The minimum atomic E-state index is -0.00202. The van der Waals surface area contributed by atoms with Crippen LogP contribution in [-0.4, -0.2) is 69.1 Å². The Labute approximate surface area is 148 Å². The van der Waals surface area contributed by atoms with Crippen LogP contribution in [0.25, 0.3) is 5.65 Å². The van der Waals surface area contributed by atoms with Gasteiger partial charge in [-0.3, -0.25) is 4.90 Å². The second-order valence-corrected chi connectivity index (χ2v) is 6.68. The van der Waals surface area contributed by atoms with Crippen LogP contribution >= 0.6 is 0 Å². The zero-order valence-electron chi connectivity index (χ0n) is 14.8. The molecule has 0 bridgehead atoms. The quantitative estimate of drug-likeness (QED) is 0.828. The molecule has 2 aromatic heterocycles. The smallest absolute Gasteiger partial charge is 0.317 e. The molecule has 0 aromatic carbocycles. The molecule has 3 rings (SSSR count). The highest BCUT2D eigenvalue weighted by atomic mass is 16.3. The fraction of sp³-hybridized carbons (Fsp3) is 0.556. The number of aliphatic hydroxyl groups is 1. The average molecular weight is 345 g/mol. The first-order chi connectivity index (χ1) is 12.2. The van der Waals surface area contributed by atoms with E-state index >= 15 is 0 Å². The molecule has 0 spiro atoms. The lowest BCUT2D eigenvalue weighted by Gasteiger charge is -2.35. The van der Waals surface area contributed by atoms with Crippen molar-refractivity contribution in [3.05, 3.63) is 36.3 Å². The van der Waals surface area contributed by atoms with Gasteiger partial charge in [0.1, 0.15) is 5.65 Å². The molecule has 0 radical (unpaired) electrons. The fourth-order valence-electron chi connectivity index (χ4n) is 3.17. The Morgan fingerprint density at radius 3 is 2.84 bits per heavy atom. The lowest BCUT2D eigenvalue weighted by molar-refractivity contribution is 0.132. The number of urea groups is 1. The second-order valence-electron chi connectivity index (χ2n) is 6.68. The topological polar surface area (TPSA) is 73.1 Å². The summed E-state index contributed by atoms with van der Waals surface area (Å²) in [4.78, 5) is 21.1. The summed E-state index contributed by atoms with van der Waals surface area (Å²) in [5.41, 5.74) is 2.02. The third kappa shape index (κ3) is 4.70. The molecule has 1 aliphatic rings. The minimum absolute atomic E-state index is 0.00202. The Bertz CT molecular complexity index is 661. The molecule has 0 saturated carbocycles. The van der Waals surface area contributed by atoms with Crippen molar-refractivity contribution in [2.75, 3.05) is 32.8 Å². The molecule has 2 aromatic rings. The van der Waals surface area contributed by atoms with Gasteiger partial charge in [-0.15, -0.1) is 0 Å². The van der Waals surface area contributed by atoms with Crippen molar-refractivity contribution >= 4 is 11.7 Å². The number of nitrogens with one attached hydrogen (secondary N) is 1. The highest BCUT2D eigenvalue weighted by molar-refractivity contribution is 5.74. The summed E-state index contributed by atoms with van der Waals surface area (Å²) in [6.07, 6.45) is 5.59. The summed E-state index contributed by atoms with van der Waals surface area (Å²) in [7, 11) is 0. The number of carbonyl (C=O) groups excluding carboxylic acids is 1. The number of pyridine rings is 1. The van der Waals surface area contributed by atoms with E-state index in [4.69, 9.17) is 5.11 Å². The number of nitrogens with zero attached hydrogens (tertiary/aromatic N) is 4. The van der Waals surface area contributed by atoms with Crippen molar-refractivity contribution in [3.8, 4) is 0 Å². The summed E-state index contributed by atoms with van der Waals surface area (Å²) in [5.74, 6) is 0. The van der Waals surface area contributed by atoms with Gasteiger partial charge in [-0.25, -0.2) is 9.78 Å². The molecule has 2 amide bonds. The van der Waals surface area contributed by atoms with E-state index in [1.54, 1.807) is 0 Å². The summed E-state index contributed by atoms with van der Waals surface area (Å²) in [6, 6.07) is 6.08. The zero-order valence-corrected chi connectivity index (χ0v) is 14.8. The van der Waals surface area contributed by atoms with Crippen molar-refractivity contribution in [1.29, 1.82) is 0 Å². The normalized spacial score (nSPS) is 17.0. The first-order valence-electron chi connectivity index (χ1n) is 8.97. The molecule has 7 heteroatoms. The van der Waals surface area contributed by atoms with E-state index in [1.807, 2.05) is 40.6 Å². The van der Waals surface area contributed by atoms with Gasteiger partial charge in [-0.1, -0.05) is 6.07 Å². The van der Waals surface area contributed by atoms with Gasteiger partial charge in [-0.2, -0.15) is 0 Å². The molecule has 1 atom stereocenters. The molecule has 3 heterocycles. The first-order valence-corrected chi connectivity index (χ1v) is 8.97. The van der Waals surface area contributed by atoms with Crippen molar-refractivity contribution in [2.24, 2.45) is 0 Å². The van der Waals surface area contributed by atoms with E-state index in [9.17, 15) is 4.79 Å². The lowest BCUT2D eigenvalue weighted by Crippen LogP contribution is -2.52. The number of piperazine rings is 1. The number of aliphatic hydroxyl groups excluding tert-OH is 1. The Morgan fingerprint density at radius 2 is 2.12 bits per heavy atom. The third-order valence-electron chi connectivity index (χ3n) is 4.62. The van der Waals surface area contributed by atoms with Crippen molar-refractivity contribution in [3.63, 3.8) is 0 Å². The maximum atomic E-state index is 12.3. The zero-order chi connectivity index (χ0) is 17.6. The number of aromatic nitrogens is 2. The fourth-order valence-corrected chi connectivity index (χ4v) is 3.17. The Kier molecular flexibility index (Phi) is 5.88. The number of hydrogen-bond donors (Lipinski definition) is 2. The van der Waals surface area contributed by atoms with Crippen LogP contribution in [0.2, 0.25) is 0 Å². The van der Waals surface area contributed by atoms with Crippen molar-refractivity contribution in [1.82, 2.24) is 24.5 Å². The number of rotatable bonds is 6.